The van der Waals surface area contributed by atoms with Crippen LogP contribution in [-0.2, 0) is 6.54 Å². The van der Waals surface area contributed by atoms with Gasteiger partial charge in [-0.15, -0.1) is 0 Å². The Labute approximate surface area is 105 Å². The summed E-state index contributed by atoms with van der Waals surface area (Å²) in [5.74, 6) is 0. The lowest BCUT2D eigenvalue weighted by Crippen LogP contribution is -1.99. The molecule has 3 heteroatoms. The highest BCUT2D eigenvalue weighted by atomic mass is 16.4. The minimum absolute atomic E-state index is 0.566. The number of oxazole rings is 1. The second-order valence-electron chi connectivity index (χ2n) is 4.33. The van der Waals surface area contributed by atoms with Gasteiger partial charge in [0, 0.05) is 6.54 Å². The molecule has 0 aliphatic carbocycles. The van der Waals surface area contributed by atoms with Gasteiger partial charge in [0.05, 0.1) is 0 Å². The van der Waals surface area contributed by atoms with Crippen molar-refractivity contribution in [2.24, 2.45) is 0 Å². The Hall–Kier alpha value is -2.29. The van der Waals surface area contributed by atoms with Gasteiger partial charge in [-0.2, -0.15) is 4.98 Å². The van der Waals surface area contributed by atoms with Crippen LogP contribution in [0.2, 0.25) is 0 Å². The first-order valence-corrected chi connectivity index (χ1v) is 5.96. The minimum atomic E-state index is 0.566. The number of nitrogens with one attached hydrogen (secondary N) is 1. The summed E-state index contributed by atoms with van der Waals surface area (Å²) in [7, 11) is 0. The highest BCUT2D eigenvalue weighted by Crippen LogP contribution is 2.18. The largest absolute Gasteiger partial charge is 0.424 e. The Bertz CT molecular complexity index is 623. The Morgan fingerprint density at radius 2 is 1.83 bits per heavy atom. The van der Waals surface area contributed by atoms with Crippen molar-refractivity contribution in [2.75, 3.05) is 5.32 Å². The fraction of sp³-hybridized carbons (Fsp3) is 0.133. The Kier molecular flexibility index (Phi) is 2.73. The maximum absolute atomic E-state index is 5.59. The number of nitrogens with zero attached hydrogens (tertiary/aromatic N) is 1. The molecule has 3 nitrogen and oxygen atoms in total. The molecular weight excluding hydrogens is 224 g/mol. The van der Waals surface area contributed by atoms with Crippen LogP contribution in [0, 0.1) is 6.92 Å². The van der Waals surface area contributed by atoms with E-state index in [1.54, 1.807) is 0 Å². The summed E-state index contributed by atoms with van der Waals surface area (Å²) in [5, 5.41) is 3.19. The highest BCUT2D eigenvalue weighted by Gasteiger charge is 2.03. The van der Waals surface area contributed by atoms with Gasteiger partial charge >= 0.3 is 0 Å². The molecule has 3 rings (SSSR count). The quantitative estimate of drug-likeness (QED) is 0.755. The lowest BCUT2D eigenvalue weighted by atomic mass is 10.1. The van der Waals surface area contributed by atoms with Gasteiger partial charge in [-0.1, -0.05) is 42.0 Å². The van der Waals surface area contributed by atoms with E-state index >= 15 is 0 Å². The van der Waals surface area contributed by atoms with E-state index in [1.807, 2.05) is 24.3 Å². The van der Waals surface area contributed by atoms with Crippen LogP contribution in [0.3, 0.4) is 0 Å². The highest BCUT2D eigenvalue weighted by molar-refractivity contribution is 5.74. The van der Waals surface area contributed by atoms with Gasteiger partial charge < -0.3 is 9.73 Å². The standard InChI is InChI=1S/C15H14N2O/c1-11-6-8-12(9-7-11)10-16-15-17-13-4-2-3-5-14(13)18-15/h2-9H,10H2,1H3,(H,16,17). The number of aryl methyl sites for hydroxylation is 1. The molecule has 0 aliphatic rings. The maximum atomic E-state index is 5.59. The summed E-state index contributed by atoms with van der Waals surface area (Å²) in [6.45, 7) is 2.80. The zero-order valence-electron chi connectivity index (χ0n) is 10.2. The third-order valence-electron chi connectivity index (χ3n) is 2.86. The van der Waals surface area contributed by atoms with Crippen molar-refractivity contribution in [3.8, 4) is 0 Å². The number of rotatable bonds is 3. The Morgan fingerprint density at radius 1 is 1.06 bits per heavy atom. The predicted octanol–water partition coefficient (Wildman–Crippen LogP) is 3.75. The molecule has 3 aromatic rings. The van der Waals surface area contributed by atoms with E-state index in [2.05, 4.69) is 41.5 Å². The second kappa shape index (κ2) is 4.53. The Morgan fingerprint density at radius 3 is 2.61 bits per heavy atom. The number of aromatic nitrogens is 1. The van der Waals surface area contributed by atoms with Gasteiger partial charge in [0.25, 0.3) is 6.01 Å². The van der Waals surface area contributed by atoms with Gasteiger partial charge in [0.1, 0.15) is 5.52 Å². The zero-order valence-corrected chi connectivity index (χ0v) is 10.2. The van der Waals surface area contributed by atoms with Crippen LogP contribution < -0.4 is 5.32 Å². The summed E-state index contributed by atoms with van der Waals surface area (Å²) in [4.78, 5) is 4.37. The summed E-state index contributed by atoms with van der Waals surface area (Å²) in [6.07, 6.45) is 0. The van der Waals surface area contributed by atoms with Crippen LogP contribution in [0.4, 0.5) is 6.01 Å². The zero-order chi connectivity index (χ0) is 12.4. The fourth-order valence-electron chi connectivity index (χ4n) is 1.83. The predicted molar refractivity (Wildman–Crippen MR) is 72.5 cm³/mol. The monoisotopic (exact) mass is 238 g/mol. The van der Waals surface area contributed by atoms with E-state index < -0.39 is 0 Å². The maximum Gasteiger partial charge on any atom is 0.295 e. The van der Waals surface area contributed by atoms with Crippen LogP contribution in [0.15, 0.2) is 52.9 Å². The second-order valence-corrected chi connectivity index (χ2v) is 4.33. The van der Waals surface area contributed by atoms with E-state index in [9.17, 15) is 0 Å². The van der Waals surface area contributed by atoms with E-state index in [0.717, 1.165) is 11.1 Å². The molecule has 0 aliphatic heterocycles. The van der Waals surface area contributed by atoms with Gasteiger partial charge in [-0.3, -0.25) is 0 Å². The average molecular weight is 238 g/mol. The first-order valence-electron chi connectivity index (χ1n) is 5.96. The molecular formula is C15H14N2O. The molecule has 2 aromatic carbocycles. The molecule has 0 fully saturated rings. The van der Waals surface area contributed by atoms with E-state index in [4.69, 9.17) is 4.42 Å². The lowest BCUT2D eigenvalue weighted by molar-refractivity contribution is 0.614. The molecule has 0 saturated heterocycles. The van der Waals surface area contributed by atoms with Crippen molar-refractivity contribution >= 4 is 17.1 Å². The first kappa shape index (κ1) is 10.8. The molecule has 0 saturated carbocycles. The Balaban J connectivity index is 1.74. The van der Waals surface area contributed by atoms with Gasteiger partial charge in [0.15, 0.2) is 5.58 Å². The molecule has 0 spiro atoms. The van der Waals surface area contributed by atoms with Crippen molar-refractivity contribution in [3.05, 3.63) is 59.7 Å². The van der Waals surface area contributed by atoms with Crippen molar-refractivity contribution in [3.63, 3.8) is 0 Å². The molecule has 1 aromatic heterocycles. The topological polar surface area (TPSA) is 38.1 Å². The van der Waals surface area contributed by atoms with E-state index in [0.29, 0.717) is 12.6 Å². The number of hydrogen-bond acceptors (Lipinski definition) is 3. The molecule has 0 radical (unpaired) electrons. The van der Waals surface area contributed by atoms with E-state index in [1.165, 1.54) is 11.1 Å². The van der Waals surface area contributed by atoms with Crippen molar-refractivity contribution in [1.29, 1.82) is 0 Å². The molecule has 90 valence electrons. The minimum Gasteiger partial charge on any atom is -0.424 e. The molecule has 0 unspecified atom stereocenters. The van der Waals surface area contributed by atoms with Crippen LogP contribution in [0.1, 0.15) is 11.1 Å². The number of hydrogen-bond donors (Lipinski definition) is 1. The number of benzene rings is 2. The third kappa shape index (κ3) is 2.20. The van der Waals surface area contributed by atoms with Crippen LogP contribution in [0.5, 0.6) is 0 Å². The van der Waals surface area contributed by atoms with Gasteiger partial charge in [0.2, 0.25) is 0 Å². The third-order valence-corrected chi connectivity index (χ3v) is 2.86. The average Bonchev–Trinajstić information content (AvgIpc) is 2.81. The van der Waals surface area contributed by atoms with Crippen molar-refractivity contribution in [1.82, 2.24) is 4.98 Å². The number of fused-ring (bicyclic) bond motifs is 1. The van der Waals surface area contributed by atoms with Crippen LogP contribution in [-0.4, -0.2) is 4.98 Å². The number of para-hydroxylation sites is 2. The van der Waals surface area contributed by atoms with E-state index in [-0.39, 0.29) is 0 Å². The fourth-order valence-corrected chi connectivity index (χ4v) is 1.83. The lowest BCUT2D eigenvalue weighted by Gasteiger charge is -2.02. The smallest absolute Gasteiger partial charge is 0.295 e. The first-order chi connectivity index (χ1) is 8.81. The summed E-state index contributed by atoms with van der Waals surface area (Å²) in [5.41, 5.74) is 4.16. The SMILES string of the molecule is Cc1ccc(CNc2nc3ccccc3o2)cc1. The van der Waals surface area contributed by atoms with Crippen molar-refractivity contribution < 1.29 is 4.42 Å². The summed E-state index contributed by atoms with van der Waals surface area (Å²) in [6, 6.07) is 16.7. The van der Waals surface area contributed by atoms with Gasteiger partial charge in [-0.25, -0.2) is 0 Å². The van der Waals surface area contributed by atoms with Gasteiger partial charge in [-0.05, 0) is 24.6 Å². The number of anilines is 1. The molecule has 1 N–H and O–H groups in total. The molecule has 1 heterocycles. The molecule has 0 atom stereocenters. The van der Waals surface area contributed by atoms with Crippen LogP contribution >= 0.6 is 0 Å². The van der Waals surface area contributed by atoms with Crippen molar-refractivity contribution in [2.45, 2.75) is 13.5 Å². The normalized spacial score (nSPS) is 10.7. The molecule has 0 amide bonds. The molecule has 0 bridgehead atoms. The molecule has 18 heavy (non-hydrogen) atoms. The summed E-state index contributed by atoms with van der Waals surface area (Å²) < 4.78 is 5.59. The summed E-state index contributed by atoms with van der Waals surface area (Å²) >= 11 is 0. The van der Waals surface area contributed by atoms with Crippen LogP contribution in [0.25, 0.3) is 11.1 Å².